The molecule has 43 heavy (non-hydrogen) atoms. The number of hydrogen-bond donors (Lipinski definition) is 2. The van der Waals surface area contributed by atoms with Crippen LogP contribution in [0.25, 0.3) is 11.3 Å². The molecule has 9 nitrogen and oxygen atoms in total. The molecular formula is C34H39N5O4. The number of carbonyl (C=O) groups excluding carboxylic acids is 2. The van der Waals surface area contributed by atoms with Gasteiger partial charge in [0, 0.05) is 54.1 Å². The molecule has 1 aliphatic carbocycles. The van der Waals surface area contributed by atoms with Gasteiger partial charge in [0.05, 0.1) is 18.9 Å². The molecule has 0 saturated carbocycles. The van der Waals surface area contributed by atoms with E-state index in [0.717, 1.165) is 16.7 Å². The van der Waals surface area contributed by atoms with Crippen LogP contribution in [0.2, 0.25) is 0 Å². The number of benzene rings is 2. The molecule has 0 radical (unpaired) electrons. The third kappa shape index (κ3) is 5.77. The molecule has 1 aliphatic heterocycles. The Kier molecular flexibility index (Phi) is 8.12. The van der Waals surface area contributed by atoms with Crippen LogP contribution in [0.1, 0.15) is 48.7 Å². The highest BCUT2D eigenvalue weighted by molar-refractivity contribution is 5.95. The third-order valence-corrected chi connectivity index (χ3v) is 8.66. The van der Waals surface area contributed by atoms with Gasteiger partial charge in [0.15, 0.2) is 5.82 Å². The van der Waals surface area contributed by atoms with E-state index in [4.69, 9.17) is 15.5 Å². The quantitative estimate of drug-likeness (QED) is 0.438. The Morgan fingerprint density at radius 2 is 1.77 bits per heavy atom. The molecule has 2 aromatic carbocycles. The summed E-state index contributed by atoms with van der Waals surface area (Å²) in [5, 5.41) is 3.16. The normalized spacial score (nSPS) is 18.7. The monoisotopic (exact) mass is 581 g/mol. The van der Waals surface area contributed by atoms with E-state index in [1.165, 1.54) is 4.57 Å². The van der Waals surface area contributed by atoms with Gasteiger partial charge in [-0.05, 0) is 54.2 Å². The second-order valence-electron chi connectivity index (χ2n) is 12.3. The molecule has 0 bridgehead atoms. The Labute approximate surface area is 252 Å². The molecule has 1 unspecified atom stereocenters. The number of primary amides is 1. The second-order valence-corrected chi connectivity index (χ2v) is 12.3. The zero-order valence-corrected chi connectivity index (χ0v) is 25.4. The van der Waals surface area contributed by atoms with Crippen LogP contribution in [0.3, 0.4) is 0 Å². The molecule has 5 rings (SSSR count). The Morgan fingerprint density at radius 1 is 1.07 bits per heavy atom. The van der Waals surface area contributed by atoms with Crippen LogP contribution >= 0.6 is 0 Å². The maximum Gasteiger partial charge on any atom is 0.293 e. The minimum absolute atomic E-state index is 0.0412. The van der Waals surface area contributed by atoms with Crippen LogP contribution in [0.5, 0.6) is 0 Å². The van der Waals surface area contributed by atoms with Crippen molar-refractivity contribution >= 4 is 23.3 Å². The van der Waals surface area contributed by atoms with E-state index < -0.39 is 11.3 Å². The van der Waals surface area contributed by atoms with E-state index in [-0.39, 0.29) is 22.7 Å². The summed E-state index contributed by atoms with van der Waals surface area (Å²) in [6.45, 7) is 10.8. The molecule has 2 heterocycles. The van der Waals surface area contributed by atoms with E-state index in [0.29, 0.717) is 55.2 Å². The van der Waals surface area contributed by atoms with Gasteiger partial charge in [-0.25, -0.2) is 4.98 Å². The maximum atomic E-state index is 13.1. The summed E-state index contributed by atoms with van der Waals surface area (Å²) in [6.07, 6.45) is 8.11. The highest BCUT2D eigenvalue weighted by atomic mass is 16.5. The lowest BCUT2D eigenvalue weighted by atomic mass is 9.57. The SMILES string of the molecule is Cc1c(-c2cn(C)c(=O)c(Nc3ccc(C(=O)N4CCOCC4)cc3)n2)cccc1C1(C(C)(C)C)C=CC=C(C(N)=O)C1. The molecule has 0 spiro atoms. The number of morpholine rings is 1. The fraction of sp³-hybridized carbons (Fsp3) is 0.353. The van der Waals surface area contributed by atoms with Gasteiger partial charge in [0.2, 0.25) is 5.91 Å². The summed E-state index contributed by atoms with van der Waals surface area (Å²) in [5.74, 6) is -0.277. The number of ether oxygens (including phenoxy) is 1. The predicted molar refractivity (Wildman–Crippen MR) is 168 cm³/mol. The number of nitrogens with one attached hydrogen (secondary N) is 1. The predicted octanol–water partition coefficient (Wildman–Crippen LogP) is 4.63. The van der Waals surface area contributed by atoms with Gasteiger partial charge in [-0.3, -0.25) is 14.4 Å². The topological polar surface area (TPSA) is 120 Å². The average molecular weight is 582 g/mol. The van der Waals surface area contributed by atoms with E-state index >= 15 is 0 Å². The number of allylic oxidation sites excluding steroid dienone is 3. The lowest BCUT2D eigenvalue weighted by Crippen LogP contribution is -2.41. The summed E-state index contributed by atoms with van der Waals surface area (Å²) < 4.78 is 6.86. The minimum atomic E-state index is -0.478. The van der Waals surface area contributed by atoms with Gasteiger partial charge in [-0.1, -0.05) is 57.2 Å². The number of nitrogens with zero attached hydrogens (tertiary/aromatic N) is 3. The van der Waals surface area contributed by atoms with Crippen molar-refractivity contribution in [2.45, 2.75) is 39.5 Å². The summed E-state index contributed by atoms with van der Waals surface area (Å²) in [6, 6.07) is 13.1. The van der Waals surface area contributed by atoms with Crippen molar-refractivity contribution in [2.75, 3.05) is 31.6 Å². The Hall–Kier alpha value is -4.50. The van der Waals surface area contributed by atoms with Crippen molar-refractivity contribution in [3.05, 3.63) is 99.5 Å². The number of anilines is 2. The number of nitrogens with two attached hydrogens (primary N) is 1. The zero-order chi connectivity index (χ0) is 30.9. The fourth-order valence-electron chi connectivity index (χ4n) is 6.02. The first kappa shape index (κ1) is 30.0. The standard InChI is InChI=1S/C34H39N5O4/c1-22-26(9-6-10-27(22)34(33(2,3)4)15-7-8-24(20-34)29(35)40)28-21-38(5)32(42)30(37-28)36-25-13-11-23(12-14-25)31(41)39-16-18-43-19-17-39/h6-15,21H,16-20H2,1-5H3,(H2,35,40)(H,36,37). The molecule has 2 amide bonds. The lowest BCUT2D eigenvalue weighted by Gasteiger charge is -2.46. The van der Waals surface area contributed by atoms with Crippen LogP contribution in [0.4, 0.5) is 11.5 Å². The van der Waals surface area contributed by atoms with Crippen LogP contribution in [-0.2, 0) is 22.0 Å². The number of amides is 2. The van der Waals surface area contributed by atoms with Crippen molar-refractivity contribution in [1.82, 2.24) is 14.5 Å². The first-order valence-electron chi connectivity index (χ1n) is 14.5. The van der Waals surface area contributed by atoms with Gasteiger partial charge < -0.3 is 25.3 Å². The summed E-state index contributed by atoms with van der Waals surface area (Å²) in [5.41, 5.74) is 10.2. The third-order valence-electron chi connectivity index (χ3n) is 8.66. The first-order valence-corrected chi connectivity index (χ1v) is 14.5. The molecule has 1 atom stereocenters. The van der Waals surface area contributed by atoms with Crippen molar-refractivity contribution in [3.8, 4) is 11.3 Å². The van der Waals surface area contributed by atoms with Gasteiger partial charge >= 0.3 is 0 Å². The number of hydrogen-bond acceptors (Lipinski definition) is 6. The van der Waals surface area contributed by atoms with Crippen LogP contribution in [-0.4, -0.2) is 52.6 Å². The Morgan fingerprint density at radius 3 is 2.42 bits per heavy atom. The maximum absolute atomic E-state index is 13.1. The van der Waals surface area contributed by atoms with Crippen molar-refractivity contribution in [1.29, 1.82) is 0 Å². The number of aromatic nitrogens is 2. The van der Waals surface area contributed by atoms with Gasteiger partial charge in [0.1, 0.15) is 0 Å². The number of carbonyl (C=O) groups is 2. The molecule has 2 aliphatic rings. The van der Waals surface area contributed by atoms with Crippen molar-refractivity contribution in [3.63, 3.8) is 0 Å². The molecule has 224 valence electrons. The van der Waals surface area contributed by atoms with Gasteiger partial charge in [-0.15, -0.1) is 0 Å². The van der Waals surface area contributed by atoms with Crippen LogP contribution < -0.4 is 16.6 Å². The zero-order valence-electron chi connectivity index (χ0n) is 25.4. The summed E-state index contributed by atoms with van der Waals surface area (Å²) in [4.78, 5) is 44.7. The van der Waals surface area contributed by atoms with Gasteiger partial charge in [0.25, 0.3) is 11.5 Å². The largest absolute Gasteiger partial charge is 0.378 e. The Bertz CT molecular complexity index is 1670. The molecule has 3 aromatic rings. The van der Waals surface area contributed by atoms with Crippen LogP contribution in [0, 0.1) is 12.3 Å². The molecular weight excluding hydrogens is 542 g/mol. The molecule has 1 fully saturated rings. The molecule has 1 aromatic heterocycles. The van der Waals surface area contributed by atoms with E-state index in [2.05, 4.69) is 45.2 Å². The van der Waals surface area contributed by atoms with E-state index in [9.17, 15) is 14.4 Å². The fourth-order valence-corrected chi connectivity index (χ4v) is 6.02. The molecule has 3 N–H and O–H groups in total. The highest BCUT2D eigenvalue weighted by Gasteiger charge is 2.44. The second kappa shape index (κ2) is 11.6. The smallest absolute Gasteiger partial charge is 0.293 e. The minimum Gasteiger partial charge on any atom is -0.378 e. The number of aryl methyl sites for hydroxylation is 1. The summed E-state index contributed by atoms with van der Waals surface area (Å²) >= 11 is 0. The summed E-state index contributed by atoms with van der Waals surface area (Å²) in [7, 11) is 1.70. The van der Waals surface area contributed by atoms with E-state index in [1.807, 2.05) is 18.2 Å². The van der Waals surface area contributed by atoms with Crippen molar-refractivity contribution in [2.24, 2.45) is 18.2 Å². The number of rotatable bonds is 6. The van der Waals surface area contributed by atoms with Crippen molar-refractivity contribution < 1.29 is 14.3 Å². The molecule has 1 saturated heterocycles. The van der Waals surface area contributed by atoms with E-state index in [1.54, 1.807) is 48.5 Å². The Balaban J connectivity index is 1.48. The molecule has 9 heteroatoms. The van der Waals surface area contributed by atoms with Gasteiger partial charge in [-0.2, -0.15) is 0 Å². The average Bonchev–Trinajstić information content (AvgIpc) is 2.99. The highest BCUT2D eigenvalue weighted by Crippen LogP contribution is 2.50. The lowest BCUT2D eigenvalue weighted by molar-refractivity contribution is -0.114. The first-order chi connectivity index (χ1) is 20.4. The van der Waals surface area contributed by atoms with Crippen LogP contribution in [0.15, 0.2) is 77.3 Å².